The fraction of sp³-hybridized carbons (Fsp3) is 0.400. The maximum Gasteiger partial charge on any atom is 0.227 e. The van der Waals surface area contributed by atoms with Crippen LogP contribution in [0.3, 0.4) is 0 Å². The molecule has 0 aliphatic heterocycles. The summed E-state index contributed by atoms with van der Waals surface area (Å²) >= 11 is 0. The second kappa shape index (κ2) is 4.70. The summed E-state index contributed by atoms with van der Waals surface area (Å²) < 4.78 is 0. The lowest BCUT2D eigenvalue weighted by Crippen LogP contribution is -2.23. The molecule has 1 saturated carbocycles. The molecule has 2 unspecified atom stereocenters. The van der Waals surface area contributed by atoms with Crippen molar-refractivity contribution in [3.63, 3.8) is 0 Å². The van der Waals surface area contributed by atoms with E-state index in [9.17, 15) is 4.79 Å². The van der Waals surface area contributed by atoms with Gasteiger partial charge in [-0.15, -0.1) is 0 Å². The highest BCUT2D eigenvalue weighted by Crippen LogP contribution is 2.26. The summed E-state index contributed by atoms with van der Waals surface area (Å²) in [5, 5.41) is 4.12. The molecular weight excluding hydrogens is 238 g/mol. The third-order valence-electron chi connectivity index (χ3n) is 3.87. The molecule has 0 saturated heterocycles. The topological polar surface area (TPSA) is 70.9 Å². The van der Waals surface area contributed by atoms with Gasteiger partial charge in [-0.3, -0.25) is 4.79 Å². The Labute approximate surface area is 112 Å². The Kier molecular flexibility index (Phi) is 3.03. The van der Waals surface area contributed by atoms with E-state index >= 15 is 0 Å². The molecule has 19 heavy (non-hydrogen) atoms. The fourth-order valence-electron chi connectivity index (χ4n) is 2.85. The smallest absolute Gasteiger partial charge is 0.227 e. The molecule has 1 aliphatic rings. The van der Waals surface area contributed by atoms with Gasteiger partial charge in [-0.25, -0.2) is 0 Å². The quantitative estimate of drug-likeness (QED) is 0.773. The summed E-state index contributed by atoms with van der Waals surface area (Å²) in [4.78, 5) is 15.4. The predicted molar refractivity (Wildman–Crippen MR) is 77.0 cm³/mol. The lowest BCUT2D eigenvalue weighted by molar-refractivity contribution is -0.119. The number of nitrogens with one attached hydrogen (secondary N) is 2. The van der Waals surface area contributed by atoms with Crippen LogP contribution < -0.4 is 11.1 Å². The minimum atomic E-state index is 0.0682. The average Bonchev–Trinajstić information content (AvgIpc) is 2.93. The maximum absolute atomic E-state index is 12.1. The summed E-state index contributed by atoms with van der Waals surface area (Å²) in [6.45, 7) is 2.03. The van der Waals surface area contributed by atoms with Crippen LogP contribution in [0.15, 0.2) is 24.3 Å². The minimum absolute atomic E-state index is 0.0682. The van der Waals surface area contributed by atoms with Gasteiger partial charge in [0.05, 0.1) is 0 Å². The van der Waals surface area contributed by atoms with Gasteiger partial charge in [0.2, 0.25) is 5.91 Å². The molecule has 1 heterocycles. The number of hydrogen-bond acceptors (Lipinski definition) is 2. The second-order valence-corrected chi connectivity index (χ2v) is 5.51. The number of aromatic nitrogens is 1. The Bertz CT molecular complexity index is 617. The summed E-state index contributed by atoms with van der Waals surface area (Å²) in [6, 6.07) is 8.21. The monoisotopic (exact) mass is 257 g/mol. The summed E-state index contributed by atoms with van der Waals surface area (Å²) in [7, 11) is 0. The third kappa shape index (κ3) is 2.49. The van der Waals surface area contributed by atoms with E-state index in [2.05, 4.69) is 16.4 Å². The molecule has 2 aromatic rings. The lowest BCUT2D eigenvalue weighted by Gasteiger charge is -2.10. The number of rotatable bonds is 2. The van der Waals surface area contributed by atoms with Crippen LogP contribution in [0.2, 0.25) is 0 Å². The molecule has 1 amide bonds. The maximum atomic E-state index is 12.1. The van der Waals surface area contributed by atoms with E-state index in [-0.39, 0.29) is 17.9 Å². The first-order valence-electron chi connectivity index (χ1n) is 6.77. The predicted octanol–water partition coefficient (Wildman–Crippen LogP) is 2.54. The third-order valence-corrected chi connectivity index (χ3v) is 3.87. The number of fused-ring (bicyclic) bond motifs is 1. The van der Waals surface area contributed by atoms with Gasteiger partial charge in [0.1, 0.15) is 0 Å². The van der Waals surface area contributed by atoms with Crippen LogP contribution >= 0.6 is 0 Å². The molecule has 0 spiro atoms. The summed E-state index contributed by atoms with van der Waals surface area (Å²) in [6.07, 6.45) is 2.66. The van der Waals surface area contributed by atoms with Crippen LogP contribution in [-0.2, 0) is 4.79 Å². The molecule has 2 atom stereocenters. The first kappa shape index (κ1) is 12.2. The molecule has 3 rings (SSSR count). The standard InChI is InChI=1S/C15H19N3O/c1-9-6-11-8-13(4-5-14(11)17-9)18-15(19)10-2-3-12(16)7-10/h4-6,8,10,12,17H,2-3,7,16H2,1H3,(H,18,19). The Hall–Kier alpha value is -1.81. The molecule has 1 fully saturated rings. The van der Waals surface area contributed by atoms with Gasteiger partial charge in [0.25, 0.3) is 0 Å². The Balaban J connectivity index is 1.75. The molecule has 4 N–H and O–H groups in total. The molecule has 4 nitrogen and oxygen atoms in total. The Morgan fingerprint density at radius 3 is 2.95 bits per heavy atom. The van der Waals surface area contributed by atoms with Crippen molar-refractivity contribution in [2.45, 2.75) is 32.2 Å². The molecular formula is C15H19N3O. The van der Waals surface area contributed by atoms with Crippen molar-refractivity contribution in [1.82, 2.24) is 4.98 Å². The van der Waals surface area contributed by atoms with Crippen LogP contribution in [0.25, 0.3) is 10.9 Å². The number of nitrogens with two attached hydrogens (primary N) is 1. The molecule has 1 aliphatic carbocycles. The van der Waals surface area contributed by atoms with Crippen molar-refractivity contribution >= 4 is 22.5 Å². The van der Waals surface area contributed by atoms with E-state index in [1.807, 2.05) is 25.1 Å². The molecule has 1 aromatic carbocycles. The van der Waals surface area contributed by atoms with Crippen molar-refractivity contribution in [1.29, 1.82) is 0 Å². The molecule has 0 radical (unpaired) electrons. The highest BCUT2D eigenvalue weighted by molar-refractivity contribution is 5.95. The molecule has 4 heteroatoms. The van der Waals surface area contributed by atoms with Crippen molar-refractivity contribution in [2.24, 2.45) is 11.7 Å². The van der Waals surface area contributed by atoms with Crippen LogP contribution in [0, 0.1) is 12.8 Å². The zero-order valence-corrected chi connectivity index (χ0v) is 11.1. The number of carbonyl (C=O) groups excluding carboxylic acids is 1. The highest BCUT2D eigenvalue weighted by Gasteiger charge is 2.27. The zero-order valence-electron chi connectivity index (χ0n) is 11.1. The molecule has 1 aromatic heterocycles. The Morgan fingerprint density at radius 1 is 1.37 bits per heavy atom. The van der Waals surface area contributed by atoms with E-state index in [0.29, 0.717) is 0 Å². The average molecular weight is 257 g/mol. The van der Waals surface area contributed by atoms with E-state index < -0.39 is 0 Å². The van der Waals surface area contributed by atoms with Gasteiger partial charge in [-0.2, -0.15) is 0 Å². The van der Waals surface area contributed by atoms with E-state index in [1.54, 1.807) is 0 Å². The largest absolute Gasteiger partial charge is 0.359 e. The van der Waals surface area contributed by atoms with Gasteiger partial charge in [-0.1, -0.05) is 0 Å². The number of H-pyrrole nitrogens is 1. The lowest BCUT2D eigenvalue weighted by atomic mass is 10.1. The molecule has 100 valence electrons. The van der Waals surface area contributed by atoms with Gasteiger partial charge >= 0.3 is 0 Å². The first-order chi connectivity index (χ1) is 9.11. The number of carbonyl (C=O) groups is 1. The van der Waals surface area contributed by atoms with E-state index in [4.69, 9.17) is 5.73 Å². The Morgan fingerprint density at radius 2 is 2.21 bits per heavy atom. The number of amides is 1. The van der Waals surface area contributed by atoms with Gasteiger partial charge in [0.15, 0.2) is 0 Å². The van der Waals surface area contributed by atoms with Crippen molar-refractivity contribution in [2.75, 3.05) is 5.32 Å². The number of aromatic amines is 1. The fourth-order valence-corrected chi connectivity index (χ4v) is 2.85. The van der Waals surface area contributed by atoms with Crippen molar-refractivity contribution in [3.8, 4) is 0 Å². The van der Waals surface area contributed by atoms with Crippen LogP contribution in [0.1, 0.15) is 25.0 Å². The van der Waals surface area contributed by atoms with Crippen LogP contribution in [0.5, 0.6) is 0 Å². The highest BCUT2D eigenvalue weighted by atomic mass is 16.1. The minimum Gasteiger partial charge on any atom is -0.359 e. The SMILES string of the molecule is Cc1cc2cc(NC(=O)C3CCC(N)C3)ccc2[nH]1. The van der Waals surface area contributed by atoms with Crippen LogP contribution in [0.4, 0.5) is 5.69 Å². The first-order valence-corrected chi connectivity index (χ1v) is 6.77. The number of anilines is 1. The number of aryl methyl sites for hydroxylation is 1. The van der Waals surface area contributed by atoms with E-state index in [0.717, 1.165) is 41.5 Å². The molecule has 0 bridgehead atoms. The second-order valence-electron chi connectivity index (χ2n) is 5.51. The van der Waals surface area contributed by atoms with Crippen molar-refractivity contribution < 1.29 is 4.79 Å². The van der Waals surface area contributed by atoms with Crippen LogP contribution in [-0.4, -0.2) is 16.9 Å². The van der Waals surface area contributed by atoms with Gasteiger partial charge in [-0.05, 0) is 50.5 Å². The number of benzene rings is 1. The normalized spacial score (nSPS) is 22.8. The zero-order chi connectivity index (χ0) is 13.4. The summed E-state index contributed by atoms with van der Waals surface area (Å²) in [5.74, 6) is 0.165. The van der Waals surface area contributed by atoms with Gasteiger partial charge in [0, 0.05) is 34.2 Å². The van der Waals surface area contributed by atoms with Crippen molar-refractivity contribution in [3.05, 3.63) is 30.0 Å². The number of hydrogen-bond donors (Lipinski definition) is 3. The van der Waals surface area contributed by atoms with E-state index in [1.165, 1.54) is 0 Å². The van der Waals surface area contributed by atoms with Gasteiger partial charge < -0.3 is 16.0 Å². The summed E-state index contributed by atoms with van der Waals surface area (Å²) in [5.41, 5.74) is 8.93.